The molecule has 0 radical (unpaired) electrons. The van der Waals surface area contributed by atoms with Crippen molar-refractivity contribution < 1.29 is 0 Å². The monoisotopic (exact) mass is 450 g/mol. The third-order valence-electron chi connectivity index (χ3n) is 6.60. The standard InChI is InChI=1S/C25H27ClN4S/c1-5-18-14-31-25-28-23(21-10-6-7-12-27-21)24(30(18)25)19-13-15(2)29(17(19)4)22-11-8-9-20(26)16(22)3/h6-13,18,23-24H,5,14H2,1-4H3/t18-,23-,24-/m1/s1. The smallest absolute Gasteiger partial charge is 0.160 e. The number of benzene rings is 1. The molecule has 0 aliphatic carbocycles. The Morgan fingerprint density at radius 3 is 2.71 bits per heavy atom. The molecule has 1 fully saturated rings. The topological polar surface area (TPSA) is 33.4 Å². The number of aromatic nitrogens is 2. The molecule has 0 spiro atoms. The first-order chi connectivity index (χ1) is 15.0. The molecule has 1 aromatic carbocycles. The van der Waals surface area contributed by atoms with E-state index in [1.165, 1.54) is 17.0 Å². The fourth-order valence-corrected chi connectivity index (χ4v) is 6.49. The molecule has 2 aliphatic heterocycles. The van der Waals surface area contributed by atoms with Crippen molar-refractivity contribution in [2.24, 2.45) is 4.99 Å². The molecule has 5 rings (SSSR count). The highest BCUT2D eigenvalue weighted by molar-refractivity contribution is 8.14. The van der Waals surface area contributed by atoms with Gasteiger partial charge < -0.3 is 9.47 Å². The number of halogens is 1. The van der Waals surface area contributed by atoms with Gasteiger partial charge in [0.05, 0.1) is 11.7 Å². The van der Waals surface area contributed by atoms with Crippen molar-refractivity contribution in [3.05, 3.63) is 81.9 Å². The van der Waals surface area contributed by atoms with E-state index in [0.29, 0.717) is 6.04 Å². The largest absolute Gasteiger partial charge is 0.338 e. The molecule has 0 unspecified atom stereocenters. The van der Waals surface area contributed by atoms with E-state index in [2.05, 4.69) is 61.4 Å². The van der Waals surface area contributed by atoms with Crippen LogP contribution in [0.3, 0.4) is 0 Å². The Hall–Kier alpha value is -2.24. The number of thioether (sulfide) groups is 1. The second kappa shape index (κ2) is 8.03. The van der Waals surface area contributed by atoms with Crippen molar-refractivity contribution in [3.8, 4) is 5.69 Å². The van der Waals surface area contributed by atoms with E-state index in [4.69, 9.17) is 21.6 Å². The molecule has 4 nitrogen and oxygen atoms in total. The zero-order valence-electron chi connectivity index (χ0n) is 18.3. The highest BCUT2D eigenvalue weighted by Crippen LogP contribution is 2.50. The summed E-state index contributed by atoms with van der Waals surface area (Å²) in [7, 11) is 0. The number of aliphatic imine (C=N–C) groups is 1. The lowest BCUT2D eigenvalue weighted by atomic mass is 9.95. The third kappa shape index (κ3) is 3.30. The van der Waals surface area contributed by atoms with Gasteiger partial charge in [0.1, 0.15) is 6.04 Å². The SMILES string of the molecule is CC[C@@H]1CSC2=N[C@H](c3ccccn3)[C@@H](c3cc(C)n(-c4cccc(Cl)c4C)c3C)N21. The van der Waals surface area contributed by atoms with Gasteiger partial charge in [0, 0.05) is 40.1 Å². The summed E-state index contributed by atoms with van der Waals surface area (Å²) >= 11 is 8.35. The Bertz CT molecular complexity index is 1150. The van der Waals surface area contributed by atoms with Crippen LogP contribution in [0.25, 0.3) is 5.69 Å². The Labute approximate surface area is 193 Å². The van der Waals surface area contributed by atoms with Gasteiger partial charge in [-0.15, -0.1) is 0 Å². The van der Waals surface area contributed by atoms with Crippen molar-refractivity contribution in [1.29, 1.82) is 0 Å². The van der Waals surface area contributed by atoms with E-state index in [9.17, 15) is 0 Å². The first kappa shape index (κ1) is 20.7. The molecule has 160 valence electrons. The number of amidine groups is 1. The molecular weight excluding hydrogens is 424 g/mol. The van der Waals surface area contributed by atoms with Crippen LogP contribution in [0.1, 0.15) is 53.6 Å². The van der Waals surface area contributed by atoms with Crippen molar-refractivity contribution in [3.63, 3.8) is 0 Å². The van der Waals surface area contributed by atoms with Gasteiger partial charge in [-0.25, -0.2) is 0 Å². The molecule has 0 bridgehead atoms. The summed E-state index contributed by atoms with van der Waals surface area (Å²) in [6.45, 7) is 8.77. The fourth-order valence-electron chi connectivity index (χ4n) is 4.98. The Kier molecular flexibility index (Phi) is 5.35. The molecule has 0 amide bonds. The molecule has 31 heavy (non-hydrogen) atoms. The van der Waals surface area contributed by atoms with Gasteiger partial charge >= 0.3 is 0 Å². The zero-order chi connectivity index (χ0) is 21.7. The summed E-state index contributed by atoms with van der Waals surface area (Å²) in [5.41, 5.74) is 7.07. The Morgan fingerprint density at radius 1 is 1.13 bits per heavy atom. The van der Waals surface area contributed by atoms with E-state index in [1.54, 1.807) is 0 Å². The molecule has 2 aliphatic rings. The summed E-state index contributed by atoms with van der Waals surface area (Å²) < 4.78 is 2.34. The summed E-state index contributed by atoms with van der Waals surface area (Å²) in [6.07, 6.45) is 2.99. The minimum Gasteiger partial charge on any atom is -0.338 e. The minimum absolute atomic E-state index is 0.00691. The van der Waals surface area contributed by atoms with Gasteiger partial charge in [-0.1, -0.05) is 42.4 Å². The summed E-state index contributed by atoms with van der Waals surface area (Å²) in [5.74, 6) is 1.10. The molecular formula is C25H27ClN4S. The van der Waals surface area contributed by atoms with Gasteiger partial charge in [0.25, 0.3) is 0 Å². The number of rotatable bonds is 4. The molecule has 3 aromatic rings. The lowest BCUT2D eigenvalue weighted by Crippen LogP contribution is -2.35. The van der Waals surface area contributed by atoms with Crippen LogP contribution >= 0.6 is 23.4 Å². The van der Waals surface area contributed by atoms with Crippen LogP contribution < -0.4 is 0 Å². The second-order valence-corrected chi connectivity index (χ2v) is 9.78. The number of hydrogen-bond acceptors (Lipinski definition) is 4. The first-order valence-corrected chi connectivity index (χ1v) is 12.2. The van der Waals surface area contributed by atoms with Crippen molar-refractivity contribution in [2.45, 2.75) is 52.2 Å². The molecule has 2 aromatic heterocycles. The number of pyridine rings is 1. The summed E-state index contributed by atoms with van der Waals surface area (Å²) in [4.78, 5) is 12.4. The molecule has 3 atom stereocenters. The van der Waals surface area contributed by atoms with Crippen LogP contribution in [0.5, 0.6) is 0 Å². The maximum atomic E-state index is 6.47. The average molecular weight is 451 g/mol. The number of hydrogen-bond donors (Lipinski definition) is 0. The molecule has 0 N–H and O–H groups in total. The van der Waals surface area contributed by atoms with Crippen molar-refractivity contribution >= 4 is 28.5 Å². The zero-order valence-corrected chi connectivity index (χ0v) is 19.9. The van der Waals surface area contributed by atoms with Gasteiger partial charge in [0.2, 0.25) is 0 Å². The molecule has 6 heteroatoms. The van der Waals surface area contributed by atoms with Crippen LogP contribution in [-0.4, -0.2) is 31.4 Å². The first-order valence-electron chi connectivity index (χ1n) is 10.9. The van der Waals surface area contributed by atoms with Crippen LogP contribution in [0.4, 0.5) is 0 Å². The van der Waals surface area contributed by atoms with E-state index in [0.717, 1.165) is 39.3 Å². The average Bonchev–Trinajstić information content (AvgIpc) is 3.42. The fraction of sp³-hybridized carbons (Fsp3) is 0.360. The Morgan fingerprint density at radius 2 is 1.97 bits per heavy atom. The molecule has 1 saturated heterocycles. The maximum Gasteiger partial charge on any atom is 0.160 e. The van der Waals surface area contributed by atoms with Gasteiger partial charge in [-0.05, 0) is 68.7 Å². The second-order valence-electron chi connectivity index (χ2n) is 8.38. The quantitative estimate of drug-likeness (QED) is 0.459. The highest BCUT2D eigenvalue weighted by Gasteiger charge is 2.46. The number of nitrogens with zero attached hydrogens (tertiary/aromatic N) is 4. The predicted molar refractivity (Wildman–Crippen MR) is 131 cm³/mol. The highest BCUT2D eigenvalue weighted by atomic mass is 35.5. The van der Waals surface area contributed by atoms with E-state index in [1.807, 2.05) is 36.2 Å². The van der Waals surface area contributed by atoms with Gasteiger partial charge in [0.15, 0.2) is 5.17 Å². The maximum absolute atomic E-state index is 6.47. The van der Waals surface area contributed by atoms with E-state index in [-0.39, 0.29) is 12.1 Å². The van der Waals surface area contributed by atoms with Crippen LogP contribution in [0.15, 0.2) is 53.7 Å². The molecule has 4 heterocycles. The number of fused-ring (bicyclic) bond motifs is 1. The van der Waals surface area contributed by atoms with E-state index < -0.39 is 0 Å². The normalized spacial score (nSPS) is 22.7. The lowest BCUT2D eigenvalue weighted by molar-refractivity contribution is 0.254. The van der Waals surface area contributed by atoms with Crippen LogP contribution in [0.2, 0.25) is 5.02 Å². The minimum atomic E-state index is 0.00691. The van der Waals surface area contributed by atoms with Crippen LogP contribution in [0, 0.1) is 20.8 Å². The van der Waals surface area contributed by atoms with E-state index >= 15 is 0 Å². The Balaban J connectivity index is 1.66. The summed E-state index contributed by atoms with van der Waals surface area (Å²) in [5, 5.41) is 1.96. The van der Waals surface area contributed by atoms with Crippen molar-refractivity contribution in [2.75, 3.05) is 5.75 Å². The third-order valence-corrected chi connectivity index (χ3v) is 8.13. The van der Waals surface area contributed by atoms with Crippen molar-refractivity contribution in [1.82, 2.24) is 14.5 Å². The van der Waals surface area contributed by atoms with Gasteiger partial charge in [-0.3, -0.25) is 9.98 Å². The van der Waals surface area contributed by atoms with Gasteiger partial charge in [-0.2, -0.15) is 0 Å². The van der Waals surface area contributed by atoms with Crippen LogP contribution in [-0.2, 0) is 0 Å². The molecule has 0 saturated carbocycles. The predicted octanol–water partition coefficient (Wildman–Crippen LogP) is 6.43. The summed E-state index contributed by atoms with van der Waals surface area (Å²) in [6, 6.07) is 15.3. The lowest BCUT2D eigenvalue weighted by Gasteiger charge is -2.32. The number of aryl methyl sites for hydroxylation is 1.